The third-order valence-electron chi connectivity index (χ3n) is 3.93. The molecule has 22 heavy (non-hydrogen) atoms. The van der Waals surface area contributed by atoms with E-state index in [1.807, 2.05) is 55.5 Å². The maximum Gasteiger partial charge on any atom is 0.153 e. The molecule has 0 fully saturated rings. The molecule has 0 N–H and O–H groups in total. The van der Waals surface area contributed by atoms with Gasteiger partial charge >= 0.3 is 0 Å². The quantitative estimate of drug-likeness (QED) is 0.503. The highest BCUT2D eigenvalue weighted by Gasteiger charge is 2.16. The van der Waals surface area contributed by atoms with Crippen LogP contribution in [0.2, 0.25) is 0 Å². The predicted octanol–water partition coefficient (Wildman–Crippen LogP) is 4.83. The molecule has 0 aliphatic heterocycles. The van der Waals surface area contributed by atoms with Crippen LogP contribution in [0.1, 0.15) is 11.1 Å². The zero-order chi connectivity index (χ0) is 15.1. The average molecular weight is 284 g/mol. The zero-order valence-electron chi connectivity index (χ0n) is 12.0. The highest BCUT2D eigenvalue weighted by atomic mass is 16.3. The molecule has 3 nitrogen and oxygen atoms in total. The number of aromatic nitrogens is 1. The number of fused-ring (bicyclic) bond motifs is 3. The monoisotopic (exact) mass is 284 g/mol. The van der Waals surface area contributed by atoms with Gasteiger partial charge in [0.1, 0.15) is 11.7 Å². The number of para-hydroxylation sites is 1. The summed E-state index contributed by atoms with van der Waals surface area (Å²) in [6.07, 6.45) is 1.77. The molecule has 4 aromatic rings. The summed E-state index contributed by atoms with van der Waals surface area (Å²) < 4.78 is 6.08. The lowest BCUT2D eigenvalue weighted by atomic mass is 10.0. The molecule has 0 saturated heterocycles. The lowest BCUT2D eigenvalue weighted by Crippen LogP contribution is -1.81. The Bertz CT molecular complexity index is 1040. The van der Waals surface area contributed by atoms with E-state index >= 15 is 0 Å². The van der Waals surface area contributed by atoms with Crippen LogP contribution in [0, 0.1) is 18.3 Å². The lowest BCUT2D eigenvalue weighted by Gasteiger charge is -2.00. The van der Waals surface area contributed by atoms with Crippen molar-refractivity contribution in [2.24, 2.45) is 0 Å². The minimum Gasteiger partial charge on any atom is -0.454 e. The van der Waals surface area contributed by atoms with Gasteiger partial charge in [0, 0.05) is 22.5 Å². The Kier molecular flexibility index (Phi) is 2.70. The van der Waals surface area contributed by atoms with Crippen LogP contribution in [0.4, 0.5) is 0 Å². The number of furan rings is 1. The van der Waals surface area contributed by atoms with Gasteiger partial charge in [0.05, 0.1) is 11.3 Å². The minimum absolute atomic E-state index is 0.598. The van der Waals surface area contributed by atoms with Crippen LogP contribution in [0.5, 0.6) is 0 Å². The molecule has 0 aliphatic rings. The Morgan fingerprint density at radius 1 is 0.955 bits per heavy atom. The standard InChI is InChI=1S/C19H12N2O/c1-12-8-9-14-13-5-4-6-15(17-7-2-3-10-21-17)18(13)22-19(14)16(12)11-20/h2-10H,1H3. The Morgan fingerprint density at radius 2 is 1.82 bits per heavy atom. The highest BCUT2D eigenvalue weighted by molar-refractivity contribution is 6.10. The zero-order valence-corrected chi connectivity index (χ0v) is 12.0. The van der Waals surface area contributed by atoms with Crippen molar-refractivity contribution in [2.45, 2.75) is 6.92 Å². The number of aryl methyl sites for hydroxylation is 1. The largest absolute Gasteiger partial charge is 0.454 e. The number of pyridine rings is 1. The first-order valence-electron chi connectivity index (χ1n) is 7.06. The van der Waals surface area contributed by atoms with Crippen molar-refractivity contribution in [3.63, 3.8) is 0 Å². The molecule has 4 rings (SSSR count). The van der Waals surface area contributed by atoms with Crippen molar-refractivity contribution in [1.29, 1.82) is 5.26 Å². The normalized spacial score (nSPS) is 10.9. The SMILES string of the molecule is Cc1ccc2c(oc3c(-c4ccccn4)cccc32)c1C#N. The van der Waals surface area contributed by atoms with Crippen LogP contribution in [0.15, 0.2) is 59.1 Å². The van der Waals surface area contributed by atoms with Gasteiger partial charge in [-0.1, -0.05) is 30.3 Å². The topological polar surface area (TPSA) is 49.8 Å². The van der Waals surface area contributed by atoms with Crippen LogP contribution in [-0.4, -0.2) is 4.98 Å². The summed E-state index contributed by atoms with van der Waals surface area (Å²) >= 11 is 0. The fourth-order valence-electron chi connectivity index (χ4n) is 2.82. The molecule has 104 valence electrons. The van der Waals surface area contributed by atoms with E-state index in [1.54, 1.807) is 6.20 Å². The molecule has 0 bridgehead atoms. The van der Waals surface area contributed by atoms with Crippen LogP contribution >= 0.6 is 0 Å². The van der Waals surface area contributed by atoms with E-state index in [-0.39, 0.29) is 0 Å². The smallest absolute Gasteiger partial charge is 0.153 e. The van der Waals surface area contributed by atoms with Crippen LogP contribution in [0.25, 0.3) is 33.2 Å². The molecular weight excluding hydrogens is 272 g/mol. The van der Waals surface area contributed by atoms with E-state index in [0.29, 0.717) is 11.1 Å². The van der Waals surface area contributed by atoms with Gasteiger partial charge in [0.25, 0.3) is 0 Å². The second-order valence-electron chi connectivity index (χ2n) is 5.25. The summed E-state index contributed by atoms with van der Waals surface area (Å²) in [7, 11) is 0. The fourth-order valence-corrected chi connectivity index (χ4v) is 2.82. The molecule has 0 spiro atoms. The second kappa shape index (κ2) is 4.71. The first-order valence-corrected chi connectivity index (χ1v) is 7.06. The van der Waals surface area contributed by atoms with E-state index in [2.05, 4.69) is 11.1 Å². The number of hydrogen-bond donors (Lipinski definition) is 0. The molecule has 0 radical (unpaired) electrons. The Balaban J connectivity index is 2.15. The first kappa shape index (κ1) is 12.6. The number of nitriles is 1. The summed E-state index contributed by atoms with van der Waals surface area (Å²) in [6.45, 7) is 1.92. The van der Waals surface area contributed by atoms with Crippen molar-refractivity contribution in [1.82, 2.24) is 4.98 Å². The Hall–Kier alpha value is -3.12. The van der Waals surface area contributed by atoms with Gasteiger partial charge < -0.3 is 4.42 Å². The third kappa shape index (κ3) is 1.71. The first-order chi connectivity index (χ1) is 10.8. The van der Waals surface area contributed by atoms with Gasteiger partial charge in [-0.05, 0) is 30.7 Å². The molecule has 2 aromatic heterocycles. The van der Waals surface area contributed by atoms with E-state index < -0.39 is 0 Å². The minimum atomic E-state index is 0.598. The van der Waals surface area contributed by atoms with Crippen LogP contribution in [0.3, 0.4) is 0 Å². The summed E-state index contributed by atoms with van der Waals surface area (Å²) in [4.78, 5) is 4.40. The molecule has 2 aromatic carbocycles. The van der Waals surface area contributed by atoms with Crippen LogP contribution in [-0.2, 0) is 0 Å². The number of rotatable bonds is 1. The van der Waals surface area contributed by atoms with Gasteiger partial charge in [0.2, 0.25) is 0 Å². The van der Waals surface area contributed by atoms with E-state index in [4.69, 9.17) is 4.42 Å². The third-order valence-corrected chi connectivity index (χ3v) is 3.93. The van der Waals surface area contributed by atoms with E-state index in [9.17, 15) is 5.26 Å². The molecule has 0 unspecified atom stereocenters. The van der Waals surface area contributed by atoms with Crippen molar-refractivity contribution >= 4 is 21.9 Å². The van der Waals surface area contributed by atoms with Crippen LogP contribution < -0.4 is 0 Å². The molecule has 0 amide bonds. The second-order valence-corrected chi connectivity index (χ2v) is 5.25. The van der Waals surface area contributed by atoms with Crippen molar-refractivity contribution in [3.05, 3.63) is 65.9 Å². The number of hydrogen-bond acceptors (Lipinski definition) is 3. The van der Waals surface area contributed by atoms with Gasteiger partial charge in [-0.2, -0.15) is 5.26 Å². The number of benzene rings is 2. The summed E-state index contributed by atoms with van der Waals surface area (Å²) in [6, 6.07) is 18.0. The molecule has 0 saturated carbocycles. The Morgan fingerprint density at radius 3 is 2.59 bits per heavy atom. The molecule has 0 atom stereocenters. The molecule has 0 aliphatic carbocycles. The van der Waals surface area contributed by atoms with Gasteiger partial charge in [0.15, 0.2) is 5.58 Å². The van der Waals surface area contributed by atoms with Gasteiger partial charge in [-0.15, -0.1) is 0 Å². The summed E-state index contributed by atoms with van der Waals surface area (Å²) in [5, 5.41) is 11.4. The maximum atomic E-state index is 9.41. The molecular formula is C19H12N2O. The van der Waals surface area contributed by atoms with E-state index in [1.165, 1.54) is 0 Å². The predicted molar refractivity (Wildman–Crippen MR) is 86.4 cm³/mol. The summed E-state index contributed by atoms with van der Waals surface area (Å²) in [5.74, 6) is 0. The lowest BCUT2D eigenvalue weighted by molar-refractivity contribution is 0.668. The maximum absolute atomic E-state index is 9.41. The van der Waals surface area contributed by atoms with Crippen molar-refractivity contribution < 1.29 is 4.42 Å². The number of nitrogens with zero attached hydrogens (tertiary/aromatic N) is 2. The van der Waals surface area contributed by atoms with Crippen molar-refractivity contribution in [3.8, 4) is 17.3 Å². The molecule has 3 heteroatoms. The highest BCUT2D eigenvalue weighted by Crippen LogP contribution is 2.36. The summed E-state index contributed by atoms with van der Waals surface area (Å²) in [5.41, 5.74) is 4.76. The fraction of sp³-hybridized carbons (Fsp3) is 0.0526. The van der Waals surface area contributed by atoms with Gasteiger partial charge in [-0.3, -0.25) is 4.98 Å². The van der Waals surface area contributed by atoms with Crippen molar-refractivity contribution in [2.75, 3.05) is 0 Å². The van der Waals surface area contributed by atoms with E-state index in [0.717, 1.165) is 33.2 Å². The average Bonchev–Trinajstić information content (AvgIpc) is 2.94. The van der Waals surface area contributed by atoms with Gasteiger partial charge in [-0.25, -0.2) is 0 Å². The Labute approximate surface area is 127 Å². The molecule has 2 heterocycles.